The maximum absolute atomic E-state index is 13.3. The fraction of sp³-hybridized carbons (Fsp3) is 0.800. The van der Waals surface area contributed by atoms with Crippen LogP contribution in [0.1, 0.15) is 58.3 Å². The summed E-state index contributed by atoms with van der Waals surface area (Å²) in [5.74, 6) is 1.59. The Labute approximate surface area is 138 Å². The lowest BCUT2D eigenvalue weighted by Gasteiger charge is -2.57. The molecule has 2 N–H and O–H groups in total. The summed E-state index contributed by atoms with van der Waals surface area (Å²) in [5, 5.41) is 20.5. The van der Waals surface area contributed by atoms with Gasteiger partial charge >= 0.3 is 0 Å². The Morgan fingerprint density at radius 3 is 2.74 bits per heavy atom. The molecule has 0 aliphatic heterocycles. The zero-order valence-corrected chi connectivity index (χ0v) is 14.0. The topological polar surface area (TPSA) is 40.5 Å². The van der Waals surface area contributed by atoms with E-state index >= 15 is 0 Å². The fourth-order valence-electron chi connectivity index (χ4n) is 6.74. The van der Waals surface area contributed by atoms with Gasteiger partial charge in [0.15, 0.2) is 0 Å². The van der Waals surface area contributed by atoms with Gasteiger partial charge in [-0.15, -0.1) is 0 Å². The first-order valence-corrected chi connectivity index (χ1v) is 9.35. The molecule has 0 heterocycles. The highest BCUT2D eigenvalue weighted by Gasteiger charge is 2.59. The van der Waals surface area contributed by atoms with Crippen LogP contribution in [0.2, 0.25) is 0 Å². The molecular formula is C20H29FO2. The van der Waals surface area contributed by atoms with Crippen LogP contribution in [0.15, 0.2) is 24.1 Å². The Kier molecular flexibility index (Phi) is 3.73. The molecule has 0 bridgehead atoms. The lowest BCUT2D eigenvalue weighted by molar-refractivity contribution is -0.0644. The second-order valence-electron chi connectivity index (χ2n) is 8.71. The van der Waals surface area contributed by atoms with Crippen molar-refractivity contribution in [2.75, 3.05) is 0 Å². The SMILES string of the molecule is C[C@]12CCC3C(CC=C4C[C@@H](O)CC[C@@]43/C=C/F)C1CC[C@@H]2O. The molecule has 3 unspecified atom stereocenters. The minimum Gasteiger partial charge on any atom is -0.393 e. The molecule has 4 aliphatic carbocycles. The number of aliphatic hydroxyl groups excluding tert-OH is 2. The summed E-state index contributed by atoms with van der Waals surface area (Å²) in [5.41, 5.74) is 1.15. The van der Waals surface area contributed by atoms with Crippen LogP contribution in [0.4, 0.5) is 4.39 Å². The number of hydrogen-bond donors (Lipinski definition) is 2. The van der Waals surface area contributed by atoms with Gasteiger partial charge < -0.3 is 10.2 Å². The molecule has 128 valence electrons. The number of rotatable bonds is 1. The lowest BCUT2D eigenvalue weighted by atomic mass is 9.47. The molecule has 0 radical (unpaired) electrons. The summed E-state index contributed by atoms with van der Waals surface area (Å²) in [7, 11) is 0. The van der Waals surface area contributed by atoms with E-state index in [1.165, 1.54) is 5.57 Å². The van der Waals surface area contributed by atoms with Crippen LogP contribution in [0.3, 0.4) is 0 Å². The first-order valence-electron chi connectivity index (χ1n) is 9.35. The average molecular weight is 320 g/mol. The molecule has 3 heteroatoms. The molecule has 0 saturated heterocycles. The number of hydrogen-bond acceptors (Lipinski definition) is 2. The van der Waals surface area contributed by atoms with E-state index in [9.17, 15) is 14.6 Å². The lowest BCUT2D eigenvalue weighted by Crippen LogP contribution is -2.51. The summed E-state index contributed by atoms with van der Waals surface area (Å²) in [6.07, 6.45) is 12.0. The van der Waals surface area contributed by atoms with Crippen LogP contribution in [-0.4, -0.2) is 22.4 Å². The minimum atomic E-state index is -0.263. The van der Waals surface area contributed by atoms with Crippen LogP contribution >= 0.6 is 0 Å². The van der Waals surface area contributed by atoms with Crippen LogP contribution in [-0.2, 0) is 0 Å². The molecule has 3 saturated carbocycles. The van der Waals surface area contributed by atoms with Gasteiger partial charge in [-0.2, -0.15) is 0 Å². The van der Waals surface area contributed by atoms with Crippen molar-refractivity contribution in [3.8, 4) is 0 Å². The van der Waals surface area contributed by atoms with E-state index in [1.807, 2.05) is 0 Å². The predicted molar refractivity (Wildman–Crippen MR) is 88.3 cm³/mol. The van der Waals surface area contributed by atoms with E-state index in [-0.39, 0.29) is 23.0 Å². The highest BCUT2D eigenvalue weighted by atomic mass is 19.1. The Morgan fingerprint density at radius 2 is 1.96 bits per heavy atom. The quantitative estimate of drug-likeness (QED) is 0.713. The molecule has 0 aromatic rings. The maximum Gasteiger partial charge on any atom is 0.0836 e. The monoisotopic (exact) mass is 320 g/mol. The van der Waals surface area contributed by atoms with Crippen molar-refractivity contribution >= 4 is 0 Å². The molecule has 4 rings (SSSR count). The molecule has 0 amide bonds. The first kappa shape index (κ1) is 15.8. The average Bonchev–Trinajstić information content (AvgIpc) is 2.84. The standard InChI is InChI=1S/C20H29FO2/c1-19-8-7-17-15(16(19)4-5-18(19)23)3-2-13-12-14(22)6-9-20(13,17)10-11-21/h2,10-11,14-18,22-23H,3-9,12H2,1H3/b11-10+/t14-,15?,16?,17?,18-,19-,20+/m0/s1. The van der Waals surface area contributed by atoms with E-state index in [2.05, 4.69) is 13.0 Å². The van der Waals surface area contributed by atoms with Crippen LogP contribution in [0.25, 0.3) is 0 Å². The number of fused-ring (bicyclic) bond motifs is 5. The van der Waals surface area contributed by atoms with Crippen molar-refractivity contribution in [2.45, 2.75) is 70.5 Å². The van der Waals surface area contributed by atoms with E-state index in [0.29, 0.717) is 24.2 Å². The fourth-order valence-corrected chi connectivity index (χ4v) is 6.74. The van der Waals surface area contributed by atoms with E-state index in [1.54, 1.807) is 6.08 Å². The molecule has 7 atom stereocenters. The zero-order valence-electron chi connectivity index (χ0n) is 14.0. The third-order valence-electron chi connectivity index (χ3n) is 7.99. The predicted octanol–water partition coefficient (Wildman–Crippen LogP) is 4.13. The van der Waals surface area contributed by atoms with Crippen LogP contribution in [0.5, 0.6) is 0 Å². The van der Waals surface area contributed by atoms with Gasteiger partial charge in [0, 0.05) is 5.41 Å². The Hall–Kier alpha value is -0.670. The van der Waals surface area contributed by atoms with Crippen molar-refractivity contribution in [3.63, 3.8) is 0 Å². The Bertz CT molecular complexity index is 542. The molecule has 0 spiro atoms. The Balaban J connectivity index is 1.73. The number of halogens is 1. The summed E-state index contributed by atoms with van der Waals surface area (Å²) >= 11 is 0. The van der Waals surface area contributed by atoms with E-state index in [0.717, 1.165) is 51.3 Å². The van der Waals surface area contributed by atoms with Gasteiger partial charge in [-0.1, -0.05) is 18.6 Å². The van der Waals surface area contributed by atoms with Gasteiger partial charge in [-0.25, -0.2) is 4.39 Å². The van der Waals surface area contributed by atoms with Crippen molar-refractivity contribution in [2.24, 2.45) is 28.6 Å². The highest BCUT2D eigenvalue weighted by molar-refractivity contribution is 5.31. The molecule has 3 fully saturated rings. The van der Waals surface area contributed by atoms with Crippen molar-refractivity contribution in [3.05, 3.63) is 24.1 Å². The normalized spacial score (nSPS) is 52.7. The minimum absolute atomic E-state index is 0.0569. The molecule has 2 nitrogen and oxygen atoms in total. The van der Waals surface area contributed by atoms with Gasteiger partial charge in [0.1, 0.15) is 0 Å². The Morgan fingerprint density at radius 1 is 1.13 bits per heavy atom. The van der Waals surface area contributed by atoms with Gasteiger partial charge in [0.25, 0.3) is 0 Å². The summed E-state index contributed by atoms with van der Waals surface area (Å²) in [4.78, 5) is 0. The van der Waals surface area contributed by atoms with Crippen molar-refractivity contribution in [1.82, 2.24) is 0 Å². The molecule has 0 aromatic carbocycles. The number of allylic oxidation sites excluding steroid dienone is 2. The van der Waals surface area contributed by atoms with Gasteiger partial charge in [-0.3, -0.25) is 0 Å². The third kappa shape index (κ3) is 2.12. The highest BCUT2D eigenvalue weighted by Crippen LogP contribution is 2.65. The summed E-state index contributed by atoms with van der Waals surface area (Å²) < 4.78 is 13.3. The second kappa shape index (κ2) is 5.42. The molecule has 4 aliphatic rings. The van der Waals surface area contributed by atoms with Crippen LogP contribution in [0, 0.1) is 28.6 Å². The number of aliphatic hydroxyl groups is 2. The zero-order chi connectivity index (χ0) is 16.2. The second-order valence-corrected chi connectivity index (χ2v) is 8.71. The van der Waals surface area contributed by atoms with Crippen LogP contribution < -0.4 is 0 Å². The summed E-state index contributed by atoms with van der Waals surface area (Å²) in [6.45, 7) is 2.27. The van der Waals surface area contributed by atoms with E-state index < -0.39 is 0 Å². The third-order valence-corrected chi connectivity index (χ3v) is 7.99. The smallest absolute Gasteiger partial charge is 0.0836 e. The van der Waals surface area contributed by atoms with Gasteiger partial charge in [-0.05, 0) is 80.6 Å². The van der Waals surface area contributed by atoms with Crippen molar-refractivity contribution in [1.29, 1.82) is 0 Å². The van der Waals surface area contributed by atoms with Gasteiger partial charge in [0.05, 0.1) is 18.5 Å². The maximum atomic E-state index is 13.3. The first-order chi connectivity index (χ1) is 11.0. The molecular weight excluding hydrogens is 291 g/mol. The van der Waals surface area contributed by atoms with E-state index in [4.69, 9.17) is 0 Å². The largest absolute Gasteiger partial charge is 0.393 e. The van der Waals surface area contributed by atoms with Crippen molar-refractivity contribution < 1.29 is 14.6 Å². The van der Waals surface area contributed by atoms with Gasteiger partial charge in [0.2, 0.25) is 0 Å². The molecule has 23 heavy (non-hydrogen) atoms. The summed E-state index contributed by atoms with van der Waals surface area (Å²) in [6, 6.07) is 0. The molecule has 0 aromatic heterocycles.